The zero-order valence-corrected chi connectivity index (χ0v) is 11.0. The van der Waals surface area contributed by atoms with Gasteiger partial charge in [0, 0.05) is 15.4 Å². The highest BCUT2D eigenvalue weighted by Crippen LogP contribution is 2.36. The molecule has 0 atom stereocenters. The summed E-state index contributed by atoms with van der Waals surface area (Å²) in [5.41, 5.74) is 5.50. The van der Waals surface area contributed by atoms with E-state index in [1.54, 1.807) is 18.2 Å². The average molecular weight is 321 g/mol. The maximum absolute atomic E-state index is 12.9. The van der Waals surface area contributed by atoms with E-state index in [1.807, 2.05) is 0 Å². The number of hydrogen-bond acceptors (Lipinski definition) is 1. The molecule has 6 heteroatoms. The number of hydrogen-bond donors (Lipinski definition) is 2. The number of fused-ring (bicyclic) bond motifs is 1. The molecule has 0 fully saturated rings. The molecule has 1 heterocycles. The number of rotatable bonds is 3. The van der Waals surface area contributed by atoms with E-state index in [1.165, 1.54) is 0 Å². The van der Waals surface area contributed by atoms with Crippen molar-refractivity contribution in [2.45, 2.75) is 19.0 Å². The van der Waals surface area contributed by atoms with Gasteiger partial charge in [0.1, 0.15) is 5.69 Å². The number of nitrogens with two attached hydrogens (primary N) is 1. The van der Waals surface area contributed by atoms with Gasteiger partial charge >= 0.3 is 6.18 Å². The Hall–Kier alpha value is -1.01. The van der Waals surface area contributed by atoms with Gasteiger partial charge in [-0.3, -0.25) is 0 Å². The van der Waals surface area contributed by atoms with Crippen molar-refractivity contribution in [1.29, 1.82) is 0 Å². The third kappa shape index (κ3) is 2.54. The number of benzene rings is 1. The Morgan fingerprint density at radius 1 is 1.28 bits per heavy atom. The molecule has 0 aliphatic heterocycles. The summed E-state index contributed by atoms with van der Waals surface area (Å²) in [4.78, 5) is 2.46. The molecule has 18 heavy (non-hydrogen) atoms. The summed E-state index contributed by atoms with van der Waals surface area (Å²) in [6.07, 6.45) is -3.51. The van der Waals surface area contributed by atoms with Crippen molar-refractivity contribution in [3.05, 3.63) is 33.9 Å². The summed E-state index contributed by atoms with van der Waals surface area (Å²) in [5, 5.41) is 0.610. The van der Waals surface area contributed by atoms with Gasteiger partial charge in [0.25, 0.3) is 0 Å². The lowest BCUT2D eigenvalue weighted by Gasteiger charge is -2.07. The van der Waals surface area contributed by atoms with E-state index in [4.69, 9.17) is 5.73 Å². The second kappa shape index (κ2) is 4.93. The molecular weight excluding hydrogens is 309 g/mol. The molecule has 3 N–H and O–H groups in total. The van der Waals surface area contributed by atoms with Crippen molar-refractivity contribution in [3.8, 4) is 0 Å². The van der Waals surface area contributed by atoms with Gasteiger partial charge in [-0.15, -0.1) is 0 Å². The molecule has 0 saturated heterocycles. The summed E-state index contributed by atoms with van der Waals surface area (Å²) in [6.45, 7) is 0.375. The fraction of sp³-hybridized carbons (Fsp3) is 0.333. The first-order chi connectivity index (χ1) is 8.43. The molecule has 98 valence electrons. The molecule has 2 nitrogen and oxygen atoms in total. The summed E-state index contributed by atoms with van der Waals surface area (Å²) in [6, 6.07) is 5.08. The highest BCUT2D eigenvalue weighted by atomic mass is 79.9. The van der Waals surface area contributed by atoms with E-state index in [9.17, 15) is 13.2 Å². The monoisotopic (exact) mass is 320 g/mol. The molecule has 0 aliphatic rings. The molecule has 0 saturated carbocycles. The Bertz CT molecular complexity index is 560. The van der Waals surface area contributed by atoms with Crippen LogP contribution in [0.2, 0.25) is 0 Å². The lowest BCUT2D eigenvalue weighted by Crippen LogP contribution is -2.10. The molecule has 0 amide bonds. The first-order valence-electron chi connectivity index (χ1n) is 5.51. The van der Waals surface area contributed by atoms with Crippen molar-refractivity contribution < 1.29 is 13.2 Å². The van der Waals surface area contributed by atoms with Crippen LogP contribution in [0.4, 0.5) is 13.2 Å². The Labute approximate surface area is 110 Å². The van der Waals surface area contributed by atoms with Crippen molar-refractivity contribution in [2.75, 3.05) is 6.54 Å². The second-order valence-electron chi connectivity index (χ2n) is 4.06. The van der Waals surface area contributed by atoms with Gasteiger partial charge in [-0.2, -0.15) is 13.2 Å². The summed E-state index contributed by atoms with van der Waals surface area (Å²) < 4.78 is 39.6. The SMILES string of the molecule is NCCCc1c(C(F)(F)F)[nH]c2cc(Br)ccc12. The first-order valence-corrected chi connectivity index (χ1v) is 6.30. The van der Waals surface area contributed by atoms with Crippen LogP contribution in [-0.4, -0.2) is 11.5 Å². The van der Waals surface area contributed by atoms with Gasteiger partial charge in [-0.1, -0.05) is 22.0 Å². The van der Waals surface area contributed by atoms with Gasteiger partial charge in [0.15, 0.2) is 0 Å². The third-order valence-corrected chi connectivity index (χ3v) is 3.28. The predicted molar refractivity (Wildman–Crippen MR) is 68.4 cm³/mol. The number of aromatic nitrogens is 1. The standard InChI is InChI=1S/C12H12BrF3N2/c13-7-3-4-8-9(2-1-5-17)11(12(14,15)16)18-10(8)6-7/h3-4,6,18H,1-2,5,17H2. The van der Waals surface area contributed by atoms with Crippen LogP contribution >= 0.6 is 15.9 Å². The maximum Gasteiger partial charge on any atom is 0.431 e. The zero-order valence-electron chi connectivity index (χ0n) is 9.44. The van der Waals surface area contributed by atoms with Crippen LogP contribution in [-0.2, 0) is 12.6 Å². The Balaban J connectivity index is 2.60. The number of aryl methyl sites for hydroxylation is 1. The van der Waals surface area contributed by atoms with Gasteiger partial charge in [-0.05, 0) is 37.1 Å². The minimum absolute atomic E-state index is 0.301. The minimum Gasteiger partial charge on any atom is -0.351 e. The molecule has 1 aromatic heterocycles. The highest BCUT2D eigenvalue weighted by molar-refractivity contribution is 9.10. The molecule has 2 rings (SSSR count). The lowest BCUT2D eigenvalue weighted by atomic mass is 10.1. The molecule has 2 aromatic rings. The van der Waals surface area contributed by atoms with E-state index in [2.05, 4.69) is 20.9 Å². The second-order valence-corrected chi connectivity index (χ2v) is 4.97. The summed E-state index contributed by atoms with van der Waals surface area (Å²) in [7, 11) is 0. The van der Waals surface area contributed by atoms with Crippen LogP contribution < -0.4 is 5.73 Å². The smallest absolute Gasteiger partial charge is 0.351 e. The lowest BCUT2D eigenvalue weighted by molar-refractivity contribution is -0.141. The van der Waals surface area contributed by atoms with Crippen molar-refractivity contribution in [1.82, 2.24) is 4.98 Å². The fourth-order valence-electron chi connectivity index (χ4n) is 2.01. The quantitative estimate of drug-likeness (QED) is 0.886. The summed E-state index contributed by atoms with van der Waals surface area (Å²) in [5.74, 6) is 0. The topological polar surface area (TPSA) is 41.8 Å². The number of alkyl halides is 3. The van der Waals surface area contributed by atoms with Crippen LogP contribution in [0.1, 0.15) is 17.7 Å². The predicted octanol–water partition coefficient (Wildman–Crippen LogP) is 3.84. The highest BCUT2D eigenvalue weighted by Gasteiger charge is 2.36. The van der Waals surface area contributed by atoms with Crippen LogP contribution in [0.25, 0.3) is 10.9 Å². The fourth-order valence-corrected chi connectivity index (χ4v) is 2.37. The Kier molecular flexibility index (Phi) is 3.68. The van der Waals surface area contributed by atoms with E-state index >= 15 is 0 Å². The van der Waals surface area contributed by atoms with Crippen molar-refractivity contribution >= 4 is 26.8 Å². The van der Waals surface area contributed by atoms with Gasteiger partial charge in [-0.25, -0.2) is 0 Å². The third-order valence-electron chi connectivity index (χ3n) is 2.78. The van der Waals surface area contributed by atoms with E-state index in [0.717, 1.165) is 4.47 Å². The molecular formula is C12H12BrF3N2. The van der Waals surface area contributed by atoms with Crippen LogP contribution in [0.3, 0.4) is 0 Å². The van der Waals surface area contributed by atoms with Gasteiger partial charge < -0.3 is 10.7 Å². The normalized spacial score (nSPS) is 12.3. The molecule has 0 spiro atoms. The van der Waals surface area contributed by atoms with Crippen molar-refractivity contribution in [3.63, 3.8) is 0 Å². The molecule has 0 radical (unpaired) electrons. The van der Waals surface area contributed by atoms with E-state index in [0.29, 0.717) is 35.9 Å². The van der Waals surface area contributed by atoms with Gasteiger partial charge in [0.05, 0.1) is 0 Å². The van der Waals surface area contributed by atoms with Crippen LogP contribution in [0.5, 0.6) is 0 Å². The van der Waals surface area contributed by atoms with E-state index < -0.39 is 11.9 Å². The zero-order chi connectivity index (χ0) is 13.3. The maximum atomic E-state index is 12.9. The molecule has 0 bridgehead atoms. The number of nitrogens with one attached hydrogen (secondary N) is 1. The number of halogens is 4. The number of aromatic amines is 1. The van der Waals surface area contributed by atoms with Gasteiger partial charge in [0.2, 0.25) is 0 Å². The minimum atomic E-state index is -4.37. The molecule has 1 aromatic carbocycles. The summed E-state index contributed by atoms with van der Waals surface area (Å²) >= 11 is 3.25. The number of H-pyrrole nitrogens is 1. The largest absolute Gasteiger partial charge is 0.431 e. The van der Waals surface area contributed by atoms with Crippen molar-refractivity contribution in [2.24, 2.45) is 5.73 Å². The Morgan fingerprint density at radius 3 is 2.61 bits per heavy atom. The average Bonchev–Trinajstić information content (AvgIpc) is 2.63. The molecule has 0 aliphatic carbocycles. The van der Waals surface area contributed by atoms with E-state index in [-0.39, 0.29) is 0 Å². The Morgan fingerprint density at radius 2 is 2.00 bits per heavy atom. The molecule has 0 unspecified atom stereocenters. The van der Waals surface area contributed by atoms with Crippen LogP contribution in [0.15, 0.2) is 22.7 Å². The van der Waals surface area contributed by atoms with Crippen LogP contribution in [0, 0.1) is 0 Å². The first kappa shape index (κ1) is 13.4.